The van der Waals surface area contributed by atoms with E-state index in [1.807, 2.05) is 26.0 Å². The van der Waals surface area contributed by atoms with E-state index in [0.29, 0.717) is 15.7 Å². The second-order valence-electron chi connectivity index (χ2n) is 8.17. The van der Waals surface area contributed by atoms with E-state index in [0.717, 1.165) is 28.6 Å². The summed E-state index contributed by atoms with van der Waals surface area (Å²) in [5.74, 6) is 0.316. The van der Waals surface area contributed by atoms with Crippen molar-refractivity contribution < 1.29 is 32.9 Å². The highest BCUT2D eigenvalue weighted by Gasteiger charge is 2.31. The van der Waals surface area contributed by atoms with Crippen LogP contribution in [0.4, 0.5) is 18.9 Å². The van der Waals surface area contributed by atoms with Gasteiger partial charge in [0.05, 0.1) is 5.60 Å². The molecule has 1 aliphatic rings. The van der Waals surface area contributed by atoms with Crippen molar-refractivity contribution in [2.75, 3.05) is 11.5 Å². The normalized spacial score (nSPS) is 16.6. The van der Waals surface area contributed by atoms with E-state index in [9.17, 15) is 23.4 Å². The maximum atomic E-state index is 12.3. The van der Waals surface area contributed by atoms with Crippen LogP contribution < -0.4 is 14.4 Å². The Balaban J connectivity index is 1.74. The maximum absolute atomic E-state index is 12.3. The highest BCUT2D eigenvalue weighted by atomic mass is 32.2. The van der Waals surface area contributed by atoms with Gasteiger partial charge in [0.25, 0.3) is 0 Å². The summed E-state index contributed by atoms with van der Waals surface area (Å²) in [5.41, 5.74) is 1.45. The Hall–Kier alpha value is -2.69. The fraction of sp³-hybridized carbons (Fsp3) is 0.348. The first-order valence-electron chi connectivity index (χ1n) is 10.0. The minimum atomic E-state index is -4.76. The number of aliphatic hydroxyl groups excluding tert-OH is 1. The van der Waals surface area contributed by atoms with Crippen LogP contribution in [-0.4, -0.2) is 40.1 Å². The molecule has 0 spiro atoms. The van der Waals surface area contributed by atoms with Crippen molar-refractivity contribution in [1.82, 2.24) is 0 Å². The zero-order valence-electron chi connectivity index (χ0n) is 18.6. The summed E-state index contributed by atoms with van der Waals surface area (Å²) in [4.78, 5) is 6.48. The Labute approximate surface area is 194 Å². The molecule has 0 fully saturated rings. The third-order valence-electron chi connectivity index (χ3n) is 4.55. The Morgan fingerprint density at radius 2 is 1.76 bits per heavy atom. The van der Waals surface area contributed by atoms with Gasteiger partial charge in [0, 0.05) is 23.0 Å². The van der Waals surface area contributed by atoms with Crippen molar-refractivity contribution in [2.45, 2.75) is 50.8 Å². The van der Waals surface area contributed by atoms with Crippen LogP contribution in [0.1, 0.15) is 25.0 Å². The second kappa shape index (κ2) is 9.66. The number of hydrogen-bond acceptors (Lipinski definition) is 7. The number of hydrogen-bond donors (Lipinski definition) is 2. The van der Waals surface area contributed by atoms with Gasteiger partial charge >= 0.3 is 6.36 Å². The molecule has 0 bridgehead atoms. The first-order valence-corrected chi connectivity index (χ1v) is 10.8. The first-order chi connectivity index (χ1) is 15.3. The number of aliphatic imine (C=N–C) groups is 1. The van der Waals surface area contributed by atoms with Gasteiger partial charge in [0.15, 0.2) is 6.23 Å². The number of aryl methyl sites for hydroxylation is 2. The molecule has 6 nitrogen and oxygen atoms in total. The highest BCUT2D eigenvalue weighted by molar-refractivity contribution is 8.14. The van der Waals surface area contributed by atoms with Gasteiger partial charge in [0.1, 0.15) is 23.1 Å². The van der Waals surface area contributed by atoms with Gasteiger partial charge in [-0.25, -0.2) is 4.99 Å². The second-order valence-corrected chi connectivity index (χ2v) is 9.27. The number of rotatable bonds is 6. The van der Waals surface area contributed by atoms with Crippen molar-refractivity contribution in [2.24, 2.45) is 4.99 Å². The van der Waals surface area contributed by atoms with Crippen LogP contribution in [0, 0.1) is 13.8 Å². The molecule has 10 heteroatoms. The zero-order valence-corrected chi connectivity index (χ0v) is 19.4. The lowest BCUT2D eigenvalue weighted by molar-refractivity contribution is -0.274. The lowest BCUT2D eigenvalue weighted by Crippen LogP contribution is -2.38. The Bertz CT molecular complexity index is 1050. The van der Waals surface area contributed by atoms with Crippen molar-refractivity contribution in [3.8, 4) is 11.5 Å². The van der Waals surface area contributed by atoms with Crippen LogP contribution in [-0.2, 0) is 0 Å². The van der Waals surface area contributed by atoms with Gasteiger partial charge in [-0.05, 0) is 75.2 Å². The molecular formula is C23H25F3N2O4S. The van der Waals surface area contributed by atoms with Gasteiger partial charge in [0.2, 0.25) is 0 Å². The molecule has 0 radical (unpaired) electrons. The molecule has 2 N–H and O–H groups in total. The van der Waals surface area contributed by atoms with Gasteiger partial charge < -0.3 is 24.6 Å². The lowest BCUT2D eigenvalue weighted by Gasteiger charge is -2.31. The molecule has 2 aromatic rings. The highest BCUT2D eigenvalue weighted by Crippen LogP contribution is 2.34. The Kier molecular flexibility index (Phi) is 7.30. The smallest absolute Gasteiger partial charge is 0.490 e. The van der Waals surface area contributed by atoms with Gasteiger partial charge in [-0.1, -0.05) is 11.8 Å². The summed E-state index contributed by atoms with van der Waals surface area (Å²) >= 11 is 1.14. The van der Waals surface area contributed by atoms with Crippen molar-refractivity contribution in [3.63, 3.8) is 0 Å². The summed E-state index contributed by atoms with van der Waals surface area (Å²) in [5, 5.41) is 21.2. The number of thioether (sulfide) groups is 1. The third kappa shape index (κ3) is 6.89. The molecule has 3 rings (SSSR count). The van der Waals surface area contributed by atoms with E-state index in [4.69, 9.17) is 4.74 Å². The van der Waals surface area contributed by atoms with Gasteiger partial charge in [-0.3, -0.25) is 0 Å². The minimum Gasteiger partial charge on any atom is -0.490 e. The van der Waals surface area contributed by atoms with Crippen LogP contribution in [0.3, 0.4) is 0 Å². The molecule has 1 aliphatic heterocycles. The summed E-state index contributed by atoms with van der Waals surface area (Å²) in [6, 6.07) is 9.06. The van der Waals surface area contributed by atoms with Crippen LogP contribution in [0.25, 0.3) is 0 Å². The predicted molar refractivity (Wildman–Crippen MR) is 122 cm³/mol. The van der Waals surface area contributed by atoms with E-state index in [1.54, 1.807) is 31.1 Å². The monoisotopic (exact) mass is 482 g/mol. The molecule has 178 valence electrons. The summed E-state index contributed by atoms with van der Waals surface area (Å²) in [7, 11) is 0. The van der Waals surface area contributed by atoms with Crippen LogP contribution in [0.5, 0.6) is 11.5 Å². The Morgan fingerprint density at radius 3 is 2.36 bits per heavy atom. The van der Waals surface area contributed by atoms with Crippen molar-refractivity contribution in [3.05, 3.63) is 59.9 Å². The molecule has 0 saturated carbocycles. The summed E-state index contributed by atoms with van der Waals surface area (Å²) in [6.45, 7) is 7.21. The van der Waals surface area contributed by atoms with Crippen LogP contribution in [0.2, 0.25) is 0 Å². The molecule has 0 saturated heterocycles. The quantitative estimate of drug-likeness (QED) is 0.593. The molecule has 33 heavy (non-hydrogen) atoms. The van der Waals surface area contributed by atoms with Crippen molar-refractivity contribution >= 4 is 22.5 Å². The van der Waals surface area contributed by atoms with Gasteiger partial charge in [-0.2, -0.15) is 0 Å². The van der Waals surface area contributed by atoms with E-state index >= 15 is 0 Å². The zero-order chi connectivity index (χ0) is 24.4. The first kappa shape index (κ1) is 24.9. The van der Waals surface area contributed by atoms with Crippen LogP contribution in [0.15, 0.2) is 58.7 Å². The number of alkyl halides is 3. The summed E-state index contributed by atoms with van der Waals surface area (Å²) in [6.07, 6.45) is -2.65. The fourth-order valence-electron chi connectivity index (χ4n) is 3.03. The molecular weight excluding hydrogens is 457 g/mol. The molecule has 1 atom stereocenters. The number of nitrogens with zero attached hydrogens (tertiary/aromatic N) is 2. The van der Waals surface area contributed by atoms with Crippen molar-refractivity contribution in [1.29, 1.82) is 0 Å². The largest absolute Gasteiger partial charge is 0.573 e. The minimum absolute atomic E-state index is 0.138. The number of halogens is 3. The van der Waals surface area contributed by atoms with E-state index in [2.05, 4.69) is 9.73 Å². The topological polar surface area (TPSA) is 74.5 Å². The Morgan fingerprint density at radius 1 is 1.09 bits per heavy atom. The van der Waals surface area contributed by atoms with E-state index in [-0.39, 0.29) is 12.4 Å². The fourth-order valence-corrected chi connectivity index (χ4v) is 3.88. The number of benzene rings is 2. The molecule has 1 heterocycles. The SMILES string of the molecule is Cc1cc(N2C=CN=C(Sc3ccc(OC(F)(F)F)cc3)C2O)c(C)cc1OCC(C)(C)O. The maximum Gasteiger partial charge on any atom is 0.573 e. The van der Waals surface area contributed by atoms with E-state index < -0.39 is 18.2 Å². The van der Waals surface area contributed by atoms with E-state index in [1.165, 1.54) is 24.3 Å². The average molecular weight is 483 g/mol. The molecule has 0 aliphatic carbocycles. The predicted octanol–water partition coefficient (Wildman–Crippen LogP) is 5.15. The molecule has 2 aromatic carbocycles. The molecule has 0 amide bonds. The number of anilines is 1. The molecule has 1 unspecified atom stereocenters. The third-order valence-corrected chi connectivity index (χ3v) is 5.58. The number of ether oxygens (including phenoxy) is 2. The molecule has 0 aromatic heterocycles. The summed E-state index contributed by atoms with van der Waals surface area (Å²) < 4.78 is 46.6. The van der Waals surface area contributed by atoms with Crippen LogP contribution >= 0.6 is 11.8 Å². The average Bonchev–Trinajstić information content (AvgIpc) is 2.70. The lowest BCUT2D eigenvalue weighted by atomic mass is 10.1. The van der Waals surface area contributed by atoms with Gasteiger partial charge in [-0.15, -0.1) is 13.2 Å². The number of aliphatic hydroxyl groups is 2. The standard InChI is InChI=1S/C23H25F3N2O4S/c1-14-12-19(31-13-22(3,4)30)15(2)11-18(14)28-10-9-27-20(21(28)29)33-17-7-5-16(6-8-17)32-23(24,25)26/h5-12,21,29-30H,13H2,1-4H3.